The molecule has 0 saturated carbocycles. The van der Waals surface area contributed by atoms with Gasteiger partial charge in [-0.25, -0.2) is 8.42 Å². The third-order valence-corrected chi connectivity index (χ3v) is 6.19. The van der Waals surface area contributed by atoms with Gasteiger partial charge in [0.1, 0.15) is 5.75 Å². The van der Waals surface area contributed by atoms with E-state index >= 15 is 0 Å². The molecule has 9 heteroatoms. The van der Waals surface area contributed by atoms with Gasteiger partial charge >= 0.3 is 5.97 Å². The van der Waals surface area contributed by atoms with Gasteiger partial charge in [-0.3, -0.25) is 14.4 Å². The van der Waals surface area contributed by atoms with Gasteiger partial charge in [0, 0.05) is 20.1 Å². The van der Waals surface area contributed by atoms with E-state index in [4.69, 9.17) is 4.74 Å². The number of unbranched alkanes of at least 4 members (excludes halogenated alkanes) is 2. The lowest BCUT2D eigenvalue weighted by Crippen LogP contribution is -2.47. The molecule has 0 aromatic carbocycles. The lowest BCUT2D eigenvalue weighted by atomic mass is 9.98. The first kappa shape index (κ1) is 23.4. The molecule has 0 N–H and O–H groups in total. The topological polar surface area (TPSA) is 101 Å². The van der Waals surface area contributed by atoms with Crippen molar-refractivity contribution < 1.29 is 27.5 Å². The molecule has 1 fully saturated rings. The number of hydrogen-bond donors (Lipinski definition) is 0. The zero-order chi connectivity index (χ0) is 20.4. The average molecular weight is 405 g/mol. The summed E-state index contributed by atoms with van der Waals surface area (Å²) < 4.78 is 29.0. The van der Waals surface area contributed by atoms with Crippen LogP contribution >= 0.6 is 0 Å². The number of likely N-dealkylation sites (N-methyl/N-ethyl adjacent to an activating group) is 1. The number of piperidine rings is 1. The molecule has 0 bridgehead atoms. The van der Waals surface area contributed by atoms with Crippen LogP contribution in [0.4, 0.5) is 0 Å². The number of rotatable bonds is 10. The molecule has 27 heavy (non-hydrogen) atoms. The Bertz CT molecular complexity index is 619. The molecule has 156 valence electrons. The monoisotopic (exact) mass is 404 g/mol. The van der Waals surface area contributed by atoms with E-state index in [0.29, 0.717) is 32.4 Å². The highest BCUT2D eigenvalue weighted by Gasteiger charge is 2.30. The van der Waals surface area contributed by atoms with E-state index in [1.165, 1.54) is 7.05 Å². The highest BCUT2D eigenvalue weighted by atomic mass is 32.2. The van der Waals surface area contributed by atoms with Crippen LogP contribution in [0.2, 0.25) is 0 Å². The summed E-state index contributed by atoms with van der Waals surface area (Å²) >= 11 is 0. The molecule has 0 aromatic heterocycles. The second-order valence-corrected chi connectivity index (χ2v) is 9.16. The van der Waals surface area contributed by atoms with Gasteiger partial charge in [0.05, 0.1) is 24.8 Å². The molecule has 0 aliphatic carbocycles. The standard InChI is InChI=1S/C18H32N2O6S/c1-4-6-7-11-27(24,25)14-17(22)19(3)13-16(21)20-10-8-9-15(12-20)18(23)26-5-2/h15H,4-14H2,1-3H3. The zero-order valence-electron chi connectivity index (χ0n) is 16.6. The average Bonchev–Trinajstić information content (AvgIpc) is 2.61. The van der Waals surface area contributed by atoms with Crippen LogP contribution in [-0.2, 0) is 29.0 Å². The predicted octanol–water partition coefficient (Wildman–Crippen LogP) is 0.852. The van der Waals surface area contributed by atoms with E-state index in [1.807, 2.05) is 6.92 Å². The van der Waals surface area contributed by atoms with E-state index in [-0.39, 0.29) is 36.6 Å². The number of nitrogens with zero attached hydrogens (tertiary/aromatic N) is 2. The van der Waals surface area contributed by atoms with Crippen LogP contribution in [0.15, 0.2) is 0 Å². The number of amides is 2. The summed E-state index contributed by atoms with van der Waals surface area (Å²) in [5, 5.41) is 0. The lowest BCUT2D eigenvalue weighted by molar-refractivity contribution is -0.152. The SMILES string of the molecule is CCCCCS(=O)(=O)CC(=O)N(C)CC(=O)N1CCCC(C(=O)OCC)C1. The van der Waals surface area contributed by atoms with E-state index in [2.05, 4.69) is 0 Å². The fourth-order valence-electron chi connectivity index (χ4n) is 2.99. The minimum atomic E-state index is -3.46. The molecule has 1 unspecified atom stereocenters. The Morgan fingerprint density at radius 1 is 1.19 bits per heavy atom. The van der Waals surface area contributed by atoms with Gasteiger partial charge in [-0.2, -0.15) is 0 Å². The summed E-state index contributed by atoms with van der Waals surface area (Å²) in [6.45, 7) is 4.61. The van der Waals surface area contributed by atoms with Gasteiger partial charge in [0.2, 0.25) is 11.8 Å². The van der Waals surface area contributed by atoms with Crippen molar-refractivity contribution in [2.24, 2.45) is 5.92 Å². The number of hydrogen-bond acceptors (Lipinski definition) is 6. The molecular weight excluding hydrogens is 372 g/mol. The maximum absolute atomic E-state index is 12.4. The van der Waals surface area contributed by atoms with Crippen LogP contribution in [0.25, 0.3) is 0 Å². The molecule has 1 rings (SSSR count). The molecule has 0 radical (unpaired) electrons. The third-order valence-electron chi connectivity index (χ3n) is 4.59. The van der Waals surface area contributed by atoms with Crippen molar-refractivity contribution in [2.75, 3.05) is 44.8 Å². The number of esters is 1. The summed E-state index contributed by atoms with van der Waals surface area (Å²) in [7, 11) is -2.04. The van der Waals surface area contributed by atoms with E-state index in [9.17, 15) is 22.8 Å². The molecule has 8 nitrogen and oxygen atoms in total. The summed E-state index contributed by atoms with van der Waals surface area (Å²) in [5.74, 6) is -2.12. The molecule has 2 amide bonds. The Morgan fingerprint density at radius 3 is 2.52 bits per heavy atom. The number of carbonyl (C=O) groups excluding carboxylic acids is 3. The predicted molar refractivity (Wildman–Crippen MR) is 102 cm³/mol. The second kappa shape index (κ2) is 11.3. The number of ether oxygens (including phenoxy) is 1. The van der Waals surface area contributed by atoms with Crippen LogP contribution in [0.3, 0.4) is 0 Å². The first-order chi connectivity index (χ1) is 12.7. The summed E-state index contributed by atoms with van der Waals surface area (Å²) in [5.41, 5.74) is 0. The van der Waals surface area contributed by atoms with Crippen molar-refractivity contribution in [3.05, 3.63) is 0 Å². The zero-order valence-corrected chi connectivity index (χ0v) is 17.4. The van der Waals surface area contributed by atoms with Crippen molar-refractivity contribution in [3.63, 3.8) is 0 Å². The normalized spacial score (nSPS) is 17.4. The third kappa shape index (κ3) is 8.28. The maximum Gasteiger partial charge on any atom is 0.310 e. The van der Waals surface area contributed by atoms with E-state index in [1.54, 1.807) is 11.8 Å². The minimum Gasteiger partial charge on any atom is -0.466 e. The quantitative estimate of drug-likeness (QED) is 0.395. The Hall–Kier alpha value is -1.64. The first-order valence-electron chi connectivity index (χ1n) is 9.59. The smallest absolute Gasteiger partial charge is 0.310 e. The summed E-state index contributed by atoms with van der Waals surface area (Å²) in [6, 6.07) is 0. The molecule has 1 aliphatic heterocycles. The Labute approximate surface area is 162 Å². The van der Waals surface area contributed by atoms with Crippen LogP contribution < -0.4 is 0 Å². The fourth-order valence-corrected chi connectivity index (χ4v) is 4.37. The van der Waals surface area contributed by atoms with E-state index < -0.39 is 21.5 Å². The fraction of sp³-hybridized carbons (Fsp3) is 0.833. The molecule has 0 aromatic rings. The second-order valence-electron chi connectivity index (χ2n) is 6.98. The molecule has 1 saturated heterocycles. The van der Waals surface area contributed by atoms with Gasteiger partial charge < -0.3 is 14.5 Å². The van der Waals surface area contributed by atoms with Gasteiger partial charge in [-0.05, 0) is 26.2 Å². The van der Waals surface area contributed by atoms with Gasteiger partial charge in [0.25, 0.3) is 0 Å². The van der Waals surface area contributed by atoms with Crippen LogP contribution in [0.1, 0.15) is 46.0 Å². The van der Waals surface area contributed by atoms with Crippen molar-refractivity contribution in [2.45, 2.75) is 46.0 Å². The maximum atomic E-state index is 12.4. The highest BCUT2D eigenvalue weighted by molar-refractivity contribution is 7.92. The van der Waals surface area contributed by atoms with Crippen molar-refractivity contribution in [1.82, 2.24) is 9.80 Å². The van der Waals surface area contributed by atoms with Gasteiger partial charge in [0.15, 0.2) is 9.84 Å². The molecule has 1 aliphatic rings. The number of carbonyl (C=O) groups is 3. The largest absolute Gasteiger partial charge is 0.466 e. The van der Waals surface area contributed by atoms with Crippen LogP contribution in [0.5, 0.6) is 0 Å². The summed E-state index contributed by atoms with van der Waals surface area (Å²) in [4.78, 5) is 39.2. The number of likely N-dealkylation sites (tertiary alicyclic amines) is 1. The lowest BCUT2D eigenvalue weighted by Gasteiger charge is -2.32. The van der Waals surface area contributed by atoms with Crippen molar-refractivity contribution in [3.8, 4) is 0 Å². The molecule has 0 spiro atoms. The Kier molecular flexibility index (Phi) is 9.76. The van der Waals surface area contributed by atoms with Gasteiger partial charge in [-0.1, -0.05) is 19.8 Å². The molecular formula is C18H32N2O6S. The van der Waals surface area contributed by atoms with E-state index in [0.717, 1.165) is 17.7 Å². The first-order valence-corrected chi connectivity index (χ1v) is 11.4. The van der Waals surface area contributed by atoms with Crippen LogP contribution in [0, 0.1) is 5.92 Å². The van der Waals surface area contributed by atoms with Crippen LogP contribution in [-0.4, -0.2) is 80.8 Å². The minimum absolute atomic E-state index is 0.0122. The molecule has 1 heterocycles. The molecule has 1 atom stereocenters. The highest BCUT2D eigenvalue weighted by Crippen LogP contribution is 2.18. The Balaban J connectivity index is 2.52. The Morgan fingerprint density at radius 2 is 1.89 bits per heavy atom. The van der Waals surface area contributed by atoms with Crippen molar-refractivity contribution in [1.29, 1.82) is 0 Å². The van der Waals surface area contributed by atoms with Crippen molar-refractivity contribution >= 4 is 27.6 Å². The van der Waals surface area contributed by atoms with Gasteiger partial charge in [-0.15, -0.1) is 0 Å². The number of sulfone groups is 1. The summed E-state index contributed by atoms with van der Waals surface area (Å²) in [6.07, 6.45) is 3.61.